The van der Waals surface area contributed by atoms with E-state index in [4.69, 9.17) is 25.5 Å². The van der Waals surface area contributed by atoms with Crippen molar-refractivity contribution in [2.24, 2.45) is 4.99 Å². The first kappa shape index (κ1) is 21.0. The zero-order valence-corrected chi connectivity index (χ0v) is 18.5. The smallest absolute Gasteiger partial charge is 0.237 e. The van der Waals surface area contributed by atoms with Crippen molar-refractivity contribution in [1.82, 2.24) is 0 Å². The highest BCUT2D eigenvalue weighted by Crippen LogP contribution is 2.37. The van der Waals surface area contributed by atoms with E-state index in [1.54, 1.807) is 19.4 Å². The normalized spacial score (nSPS) is 10.9. The number of benzene rings is 2. The van der Waals surface area contributed by atoms with Gasteiger partial charge in [0, 0.05) is 16.8 Å². The van der Waals surface area contributed by atoms with Crippen molar-refractivity contribution in [2.45, 2.75) is 20.5 Å². The van der Waals surface area contributed by atoms with Crippen LogP contribution in [-0.2, 0) is 6.61 Å². The number of methoxy groups -OCH3 is 1. The minimum absolute atomic E-state index is 0.292. The van der Waals surface area contributed by atoms with E-state index in [0.29, 0.717) is 40.3 Å². The number of hydrogen-bond donors (Lipinski definition) is 0. The first-order valence-corrected chi connectivity index (χ1v) is 9.89. The average molecular weight is 474 g/mol. The van der Waals surface area contributed by atoms with Crippen LogP contribution in [0.3, 0.4) is 0 Å². The molecule has 0 saturated carbocycles. The zero-order chi connectivity index (χ0) is 21.0. The molecule has 0 aliphatic heterocycles. The molecule has 1 aromatic heterocycles. The Labute approximate surface area is 182 Å². The maximum absolute atomic E-state index is 9.31. The molecule has 0 atom stereocenters. The van der Waals surface area contributed by atoms with Gasteiger partial charge in [0.1, 0.15) is 24.0 Å². The average Bonchev–Trinajstić information content (AvgIpc) is 2.99. The molecular weight excluding hydrogens is 456 g/mol. The lowest BCUT2D eigenvalue weighted by atomic mass is 10.2. The van der Waals surface area contributed by atoms with Gasteiger partial charge >= 0.3 is 0 Å². The number of aliphatic imine (C=N–C) groups is 1. The van der Waals surface area contributed by atoms with E-state index in [1.165, 1.54) is 0 Å². The number of aryl methyl sites for hydroxylation is 1. The molecule has 0 amide bonds. The molecule has 0 N–H and O–H groups in total. The predicted molar refractivity (Wildman–Crippen MR) is 117 cm³/mol. The van der Waals surface area contributed by atoms with Gasteiger partial charge in [-0.3, -0.25) is 0 Å². The van der Waals surface area contributed by atoms with Gasteiger partial charge in [0.25, 0.3) is 0 Å². The molecule has 0 fully saturated rings. The Kier molecular flexibility index (Phi) is 6.63. The van der Waals surface area contributed by atoms with Gasteiger partial charge in [-0.25, -0.2) is 4.99 Å². The minimum atomic E-state index is 0.292. The van der Waals surface area contributed by atoms with Gasteiger partial charge in [-0.05, 0) is 65.2 Å². The van der Waals surface area contributed by atoms with Crippen LogP contribution in [0.15, 0.2) is 50.3 Å². The van der Waals surface area contributed by atoms with E-state index >= 15 is 0 Å². The molecule has 0 bridgehead atoms. The molecule has 5 nitrogen and oxygen atoms in total. The van der Waals surface area contributed by atoms with Gasteiger partial charge in [0.05, 0.1) is 11.6 Å². The summed E-state index contributed by atoms with van der Waals surface area (Å²) in [4.78, 5) is 4.33. The fourth-order valence-electron chi connectivity index (χ4n) is 2.66. The second-order valence-corrected chi connectivity index (χ2v) is 7.57. The standard InChI is InChI=1S/C22H18BrClN2O3/c1-13-14(2)29-22(18(13)10-25)26-11-16-8-19(23)21(20(9-16)27-3)28-12-15-4-6-17(24)7-5-15/h4-9,11H,12H2,1-3H3. The quantitative estimate of drug-likeness (QED) is 0.382. The molecule has 1 heterocycles. The second kappa shape index (κ2) is 9.17. The van der Waals surface area contributed by atoms with Crippen molar-refractivity contribution < 1.29 is 13.9 Å². The van der Waals surface area contributed by atoms with E-state index in [2.05, 4.69) is 27.0 Å². The number of nitriles is 1. The molecule has 148 valence electrons. The van der Waals surface area contributed by atoms with Gasteiger partial charge in [0.15, 0.2) is 11.5 Å². The van der Waals surface area contributed by atoms with E-state index in [1.807, 2.05) is 44.2 Å². The third-order valence-corrected chi connectivity index (χ3v) is 5.20. The van der Waals surface area contributed by atoms with E-state index in [-0.39, 0.29) is 0 Å². The summed E-state index contributed by atoms with van der Waals surface area (Å²) in [5, 5.41) is 9.98. The van der Waals surface area contributed by atoms with Gasteiger partial charge in [0.2, 0.25) is 5.88 Å². The van der Waals surface area contributed by atoms with Crippen molar-refractivity contribution in [3.8, 4) is 17.6 Å². The monoisotopic (exact) mass is 472 g/mol. The molecular formula is C22H18BrClN2O3. The Morgan fingerprint density at radius 3 is 2.62 bits per heavy atom. The lowest BCUT2D eigenvalue weighted by molar-refractivity contribution is 0.282. The van der Waals surface area contributed by atoms with Gasteiger partial charge in [-0.1, -0.05) is 23.7 Å². The summed E-state index contributed by atoms with van der Waals surface area (Å²) >= 11 is 9.45. The van der Waals surface area contributed by atoms with Gasteiger partial charge < -0.3 is 13.9 Å². The van der Waals surface area contributed by atoms with Crippen LogP contribution in [0, 0.1) is 25.2 Å². The highest BCUT2D eigenvalue weighted by atomic mass is 79.9. The Hall–Kier alpha value is -2.75. The number of nitrogens with zero attached hydrogens (tertiary/aromatic N) is 2. The third-order valence-electron chi connectivity index (χ3n) is 4.36. The molecule has 29 heavy (non-hydrogen) atoms. The van der Waals surface area contributed by atoms with Crippen molar-refractivity contribution in [1.29, 1.82) is 5.26 Å². The van der Waals surface area contributed by atoms with Crippen LogP contribution >= 0.6 is 27.5 Å². The van der Waals surface area contributed by atoms with Crippen LogP contribution in [0.25, 0.3) is 0 Å². The van der Waals surface area contributed by atoms with Gasteiger partial charge in [-0.15, -0.1) is 0 Å². The molecule has 7 heteroatoms. The zero-order valence-electron chi connectivity index (χ0n) is 16.1. The fourth-order valence-corrected chi connectivity index (χ4v) is 3.36. The molecule has 2 aromatic carbocycles. The van der Waals surface area contributed by atoms with E-state index in [0.717, 1.165) is 21.2 Å². The second-order valence-electron chi connectivity index (χ2n) is 6.28. The van der Waals surface area contributed by atoms with Crippen molar-refractivity contribution >= 4 is 39.6 Å². The van der Waals surface area contributed by atoms with Crippen LogP contribution in [-0.4, -0.2) is 13.3 Å². The number of hydrogen-bond acceptors (Lipinski definition) is 5. The molecule has 3 aromatic rings. The SMILES string of the molecule is COc1cc(C=Nc2oc(C)c(C)c2C#N)cc(Br)c1OCc1ccc(Cl)cc1. The highest BCUT2D eigenvalue weighted by molar-refractivity contribution is 9.10. The van der Waals surface area contributed by atoms with Crippen LogP contribution in [0.5, 0.6) is 11.5 Å². The fraction of sp³-hybridized carbons (Fsp3) is 0.182. The molecule has 0 aliphatic carbocycles. The Balaban J connectivity index is 1.83. The lowest BCUT2D eigenvalue weighted by Gasteiger charge is -2.13. The summed E-state index contributed by atoms with van der Waals surface area (Å²) in [6.45, 7) is 4.01. The summed E-state index contributed by atoms with van der Waals surface area (Å²) < 4.78 is 17.7. The first-order valence-electron chi connectivity index (χ1n) is 8.72. The molecule has 0 radical (unpaired) electrons. The van der Waals surface area contributed by atoms with Crippen molar-refractivity contribution in [3.63, 3.8) is 0 Å². The molecule has 0 aliphatic rings. The number of furan rings is 1. The van der Waals surface area contributed by atoms with Crippen LogP contribution in [0.2, 0.25) is 5.02 Å². The summed E-state index contributed by atoms with van der Waals surface area (Å²) in [5.74, 6) is 2.11. The molecule has 3 rings (SSSR count). The number of halogens is 2. The van der Waals surface area contributed by atoms with Crippen LogP contribution in [0.4, 0.5) is 5.88 Å². The number of ether oxygens (including phenoxy) is 2. The number of rotatable bonds is 6. The molecule has 0 unspecified atom stereocenters. The predicted octanol–water partition coefficient (Wildman–Crippen LogP) is 6.52. The van der Waals surface area contributed by atoms with Crippen molar-refractivity contribution in [2.75, 3.05) is 7.11 Å². The lowest BCUT2D eigenvalue weighted by Crippen LogP contribution is -1.99. The summed E-state index contributed by atoms with van der Waals surface area (Å²) in [6, 6.07) is 13.2. The maximum atomic E-state index is 9.31. The first-order chi connectivity index (χ1) is 13.9. The topological polar surface area (TPSA) is 67.8 Å². The summed E-state index contributed by atoms with van der Waals surface area (Å²) in [5.41, 5.74) is 2.99. The van der Waals surface area contributed by atoms with Crippen LogP contribution in [0.1, 0.15) is 28.0 Å². The van der Waals surface area contributed by atoms with Crippen molar-refractivity contribution in [3.05, 3.63) is 73.9 Å². The highest BCUT2D eigenvalue weighted by Gasteiger charge is 2.14. The Morgan fingerprint density at radius 2 is 1.97 bits per heavy atom. The summed E-state index contributed by atoms with van der Waals surface area (Å²) in [6.07, 6.45) is 1.62. The minimum Gasteiger partial charge on any atom is -0.493 e. The molecule has 0 spiro atoms. The largest absolute Gasteiger partial charge is 0.493 e. The Bertz CT molecular complexity index is 1100. The van der Waals surface area contributed by atoms with Crippen LogP contribution < -0.4 is 9.47 Å². The molecule has 0 saturated heterocycles. The third kappa shape index (κ3) is 4.81. The maximum Gasteiger partial charge on any atom is 0.237 e. The van der Waals surface area contributed by atoms with Gasteiger partial charge in [-0.2, -0.15) is 5.26 Å². The van der Waals surface area contributed by atoms with E-state index in [9.17, 15) is 5.26 Å². The van der Waals surface area contributed by atoms with E-state index < -0.39 is 0 Å². The Morgan fingerprint density at radius 1 is 1.24 bits per heavy atom. The summed E-state index contributed by atoms with van der Waals surface area (Å²) in [7, 11) is 1.57.